The molecule has 1 unspecified atom stereocenters. The van der Waals surface area contributed by atoms with Crippen LogP contribution in [-0.2, 0) is 52.8 Å². The first kappa shape index (κ1) is 48.4. The summed E-state index contributed by atoms with van der Waals surface area (Å²) in [4.78, 5) is 64.0. The molecule has 2 fully saturated rings. The van der Waals surface area contributed by atoms with Crippen LogP contribution >= 0.6 is 0 Å². The summed E-state index contributed by atoms with van der Waals surface area (Å²) in [6, 6.07) is 22.4. The van der Waals surface area contributed by atoms with Gasteiger partial charge in [0.25, 0.3) is 11.8 Å². The van der Waals surface area contributed by atoms with Gasteiger partial charge in [-0.2, -0.15) is 0 Å². The summed E-state index contributed by atoms with van der Waals surface area (Å²) in [6.45, 7) is 13.5. The molecule has 6 atom stereocenters. The Balaban J connectivity index is 1.20. The van der Waals surface area contributed by atoms with Gasteiger partial charge in [-0.25, -0.2) is 5.43 Å². The summed E-state index contributed by atoms with van der Waals surface area (Å²) in [7, 11) is 3.29. The lowest BCUT2D eigenvalue weighted by molar-refractivity contribution is -0.155. The molecule has 68 heavy (non-hydrogen) atoms. The number of carbonyl (C=O) groups excluding carboxylic acids is 4. The van der Waals surface area contributed by atoms with Crippen molar-refractivity contribution < 1.29 is 38.5 Å². The lowest BCUT2D eigenvalue weighted by Gasteiger charge is -2.37. The summed E-state index contributed by atoms with van der Waals surface area (Å²) < 4.78 is 20.3. The summed E-state index contributed by atoms with van der Waals surface area (Å²) in [5.41, 5.74) is 10.6. The minimum absolute atomic E-state index is 0.0000772. The number of hydrazine groups is 1. The number of nitrogens with one attached hydrogen (secondary N) is 2. The van der Waals surface area contributed by atoms with E-state index in [2.05, 4.69) is 54.3 Å². The van der Waals surface area contributed by atoms with Crippen molar-refractivity contribution in [3.63, 3.8) is 0 Å². The number of ether oxygens (including phenoxy) is 3. The molecular formula is C54H66N6O8. The van der Waals surface area contributed by atoms with Crippen LogP contribution < -0.4 is 10.7 Å². The molecular weight excluding hydrogens is 861 g/mol. The van der Waals surface area contributed by atoms with Gasteiger partial charge in [-0.05, 0) is 110 Å². The van der Waals surface area contributed by atoms with Gasteiger partial charge in [0.05, 0.1) is 24.1 Å². The zero-order valence-electron chi connectivity index (χ0n) is 40.6. The highest BCUT2D eigenvalue weighted by Gasteiger charge is 2.42. The zero-order valence-corrected chi connectivity index (χ0v) is 40.6. The summed E-state index contributed by atoms with van der Waals surface area (Å²) in [6.07, 6.45) is 2.92. The number of pyridine rings is 1. The Hall–Kier alpha value is -6.09. The average molecular weight is 927 g/mol. The van der Waals surface area contributed by atoms with Crippen LogP contribution in [0.1, 0.15) is 95.2 Å². The number of cyclic esters (lactones) is 1. The Morgan fingerprint density at radius 3 is 2.53 bits per heavy atom. The molecule has 0 radical (unpaired) electrons. The zero-order chi connectivity index (χ0) is 48.4. The highest BCUT2D eigenvalue weighted by Crippen LogP contribution is 2.42. The molecule has 0 spiro atoms. The van der Waals surface area contributed by atoms with E-state index < -0.39 is 47.4 Å². The predicted octanol–water partition coefficient (Wildman–Crippen LogP) is 7.51. The predicted molar refractivity (Wildman–Crippen MR) is 260 cm³/mol. The second kappa shape index (κ2) is 20.2. The Morgan fingerprint density at radius 2 is 1.79 bits per heavy atom. The van der Waals surface area contributed by atoms with Crippen molar-refractivity contribution in [3.05, 3.63) is 107 Å². The minimum Gasteiger partial charge on any atom is -0.508 e. The molecule has 2 saturated heterocycles. The molecule has 14 nitrogen and oxygen atoms in total. The maximum absolute atomic E-state index is 14.8. The summed E-state index contributed by atoms with van der Waals surface area (Å²) >= 11 is 0. The smallest absolute Gasteiger partial charge is 0.324 e. The van der Waals surface area contributed by atoms with Crippen molar-refractivity contribution >= 4 is 34.6 Å². The van der Waals surface area contributed by atoms with Gasteiger partial charge in [0, 0.05) is 74.3 Å². The maximum Gasteiger partial charge on any atom is 0.324 e. The lowest BCUT2D eigenvalue weighted by atomic mass is 9.84. The van der Waals surface area contributed by atoms with Gasteiger partial charge in [-0.15, -0.1) is 0 Å². The van der Waals surface area contributed by atoms with E-state index in [-0.39, 0.29) is 49.2 Å². The van der Waals surface area contributed by atoms with Gasteiger partial charge < -0.3 is 34.1 Å². The van der Waals surface area contributed by atoms with E-state index in [1.165, 1.54) is 9.91 Å². The average Bonchev–Trinajstić information content (AvgIpc) is 3.94. The number of likely N-dealkylation sites (N-methyl/N-ethyl adjacent to an activating group) is 1. The quantitative estimate of drug-likeness (QED) is 0.120. The van der Waals surface area contributed by atoms with Crippen LogP contribution in [0, 0.1) is 11.3 Å². The Morgan fingerprint density at radius 1 is 1.01 bits per heavy atom. The number of methoxy groups -OCH3 is 1. The highest BCUT2D eigenvalue weighted by molar-refractivity contribution is 5.96. The number of fused-ring (bicyclic) bond motifs is 6. The Labute approximate surface area is 399 Å². The first-order chi connectivity index (χ1) is 32.6. The molecule has 3 aliphatic heterocycles. The molecule has 0 aliphatic carbocycles. The van der Waals surface area contributed by atoms with Gasteiger partial charge in [-0.1, -0.05) is 70.2 Å². The van der Waals surface area contributed by atoms with Crippen molar-refractivity contribution in [2.75, 3.05) is 33.9 Å². The molecule has 360 valence electrons. The van der Waals surface area contributed by atoms with Gasteiger partial charge in [0.2, 0.25) is 5.91 Å². The van der Waals surface area contributed by atoms with E-state index >= 15 is 0 Å². The standard InChI is InChI=1S/C54H66N6O8/c1-9-59-45-20-19-36-29-41(45)42(48(59)40-17-13-22-55-46(40)33(4)66-8)30-54(5,6)31-68-53(65)43-18-14-23-60(57-43)51(63)44(27-34-25-37(36)28-38(61)26-34)56-50(62)47(32(2)3)58(7)52(64)49-39(21-24-67-49)35-15-11-10-12-16-35/h10-13,15-17,19-20,22,25-26,28-29,32-33,39,43-44,47,49,57,61H,9,14,18,21,23-24,27,30-31H2,1-8H3,(H,56,62)/t33-,39-,43-,44-,47?,49-/m0/s1. The molecule has 8 rings (SSSR count). The molecule has 0 saturated carbocycles. The van der Waals surface area contributed by atoms with Crippen molar-refractivity contribution in [2.45, 2.75) is 116 Å². The fourth-order valence-corrected chi connectivity index (χ4v) is 10.5. The van der Waals surface area contributed by atoms with Gasteiger partial charge in [0.1, 0.15) is 30.0 Å². The molecule has 3 amide bonds. The number of hydrogen-bond donors (Lipinski definition) is 3. The number of phenolic OH excluding ortho intramolecular Hbond substituents is 1. The topological polar surface area (TPSA) is 165 Å². The van der Waals surface area contributed by atoms with E-state index in [0.717, 1.165) is 50.1 Å². The van der Waals surface area contributed by atoms with Crippen molar-refractivity contribution in [1.29, 1.82) is 0 Å². The third kappa shape index (κ3) is 9.90. The van der Waals surface area contributed by atoms with E-state index in [0.29, 0.717) is 44.4 Å². The molecule has 5 heterocycles. The van der Waals surface area contributed by atoms with Crippen molar-refractivity contribution in [3.8, 4) is 28.1 Å². The number of esters is 1. The first-order valence-corrected chi connectivity index (χ1v) is 24.0. The largest absolute Gasteiger partial charge is 0.508 e. The van der Waals surface area contributed by atoms with Gasteiger partial charge in [-0.3, -0.25) is 29.2 Å². The minimum atomic E-state index is -1.15. The van der Waals surface area contributed by atoms with Crippen LogP contribution in [0.3, 0.4) is 0 Å². The number of phenols is 1. The molecule has 3 aromatic carbocycles. The third-order valence-electron chi connectivity index (χ3n) is 13.9. The molecule has 6 bridgehead atoms. The molecule has 3 aliphatic rings. The van der Waals surface area contributed by atoms with Crippen LogP contribution in [0.25, 0.3) is 33.3 Å². The van der Waals surface area contributed by atoms with E-state index in [4.69, 9.17) is 19.2 Å². The Kier molecular flexibility index (Phi) is 14.4. The molecule has 14 heteroatoms. The van der Waals surface area contributed by atoms with Crippen LogP contribution in [0.4, 0.5) is 0 Å². The number of aromatic nitrogens is 2. The number of amides is 3. The van der Waals surface area contributed by atoms with E-state index in [1.54, 1.807) is 32.5 Å². The Bertz CT molecular complexity index is 2660. The lowest BCUT2D eigenvalue weighted by Crippen LogP contribution is -2.62. The molecule has 5 aromatic rings. The first-order valence-electron chi connectivity index (χ1n) is 24.0. The van der Waals surface area contributed by atoms with Gasteiger partial charge >= 0.3 is 5.97 Å². The number of aryl methyl sites for hydroxylation is 1. The van der Waals surface area contributed by atoms with Gasteiger partial charge in [0.15, 0.2) is 0 Å². The maximum atomic E-state index is 14.8. The monoisotopic (exact) mass is 926 g/mol. The number of aromatic hydroxyl groups is 1. The number of hydrogen-bond acceptors (Lipinski definition) is 10. The van der Waals surface area contributed by atoms with Crippen LogP contribution in [-0.4, -0.2) is 106 Å². The second-order valence-electron chi connectivity index (χ2n) is 19.8. The number of benzene rings is 3. The normalized spacial score (nSPS) is 21.8. The van der Waals surface area contributed by atoms with Crippen molar-refractivity contribution in [1.82, 2.24) is 30.2 Å². The van der Waals surface area contributed by atoms with Crippen LogP contribution in [0.5, 0.6) is 5.75 Å². The van der Waals surface area contributed by atoms with E-state index in [1.807, 2.05) is 69.3 Å². The van der Waals surface area contributed by atoms with Crippen LogP contribution in [0.2, 0.25) is 0 Å². The number of rotatable bonds is 10. The molecule has 2 aromatic heterocycles. The SMILES string of the molecule is CCn1c(-c2cccnc2[C@H](C)OC)c2c3cc(ccc31)-c1cc(O)cc(c1)C[C@H](NC(=O)C(C(C)C)N(C)C(=O)[C@H]1OCC[C@H]1c1ccccc1)C(=O)N1CCC[C@H](N1)C(=O)OCC(C)(C)C2. The fraction of sp³-hybridized carbons (Fsp3) is 0.463. The number of nitrogens with zero attached hydrogens (tertiary/aromatic N) is 4. The molecule has 3 N–H and O–H groups in total. The van der Waals surface area contributed by atoms with Crippen LogP contribution in [0.15, 0.2) is 85.1 Å². The summed E-state index contributed by atoms with van der Waals surface area (Å²) in [5.74, 6) is -2.26. The van der Waals surface area contributed by atoms with Crippen molar-refractivity contribution in [2.24, 2.45) is 11.3 Å². The fourth-order valence-electron chi connectivity index (χ4n) is 10.5. The summed E-state index contributed by atoms with van der Waals surface area (Å²) in [5, 5.41) is 16.8. The highest BCUT2D eigenvalue weighted by atomic mass is 16.5. The number of carbonyl (C=O) groups is 4. The second-order valence-corrected chi connectivity index (χ2v) is 19.8. The van der Waals surface area contributed by atoms with E-state index in [9.17, 15) is 24.3 Å². The third-order valence-corrected chi connectivity index (χ3v) is 13.9.